The lowest BCUT2D eigenvalue weighted by atomic mass is 10.1. The monoisotopic (exact) mass is 308 g/mol. The highest BCUT2D eigenvalue weighted by molar-refractivity contribution is 7.90. The number of ether oxygens (including phenoxy) is 1. The summed E-state index contributed by atoms with van der Waals surface area (Å²) in [7, 11) is -2.28. The van der Waals surface area contributed by atoms with Gasteiger partial charge in [-0.3, -0.25) is 0 Å². The molecule has 4 nitrogen and oxygen atoms in total. The van der Waals surface area contributed by atoms with Crippen LogP contribution in [0.25, 0.3) is 0 Å². The Morgan fingerprint density at radius 2 is 1.62 bits per heavy atom. The normalized spacial score (nSPS) is 11.1. The number of benzene rings is 2. The molecule has 0 spiro atoms. The molecule has 0 N–H and O–H groups in total. The summed E-state index contributed by atoms with van der Waals surface area (Å²) in [5.41, 5.74) is 0.882. The lowest BCUT2D eigenvalue weighted by molar-refractivity contribution is 0.0600. The molecule has 2 aromatic rings. The molecule has 0 aliphatic rings. The van der Waals surface area contributed by atoms with Crippen LogP contribution in [0.1, 0.15) is 15.9 Å². The summed E-state index contributed by atoms with van der Waals surface area (Å²) < 4.78 is 41.7. The minimum Gasteiger partial charge on any atom is -0.465 e. The maximum atomic E-state index is 12.8. The Hall–Kier alpha value is -2.21. The molecule has 0 aromatic heterocycles. The molecule has 0 saturated carbocycles. The molecule has 110 valence electrons. The van der Waals surface area contributed by atoms with Crippen LogP contribution in [0, 0.1) is 5.82 Å². The van der Waals surface area contributed by atoms with Crippen LogP contribution in [0.3, 0.4) is 0 Å². The highest BCUT2D eigenvalue weighted by atomic mass is 32.2. The molecule has 2 aromatic carbocycles. The van der Waals surface area contributed by atoms with Gasteiger partial charge in [-0.05, 0) is 42.0 Å². The number of carbonyl (C=O) groups excluding carboxylic acids is 1. The van der Waals surface area contributed by atoms with Crippen LogP contribution in [0.5, 0.6) is 0 Å². The smallest absolute Gasteiger partial charge is 0.337 e. The third-order valence-electron chi connectivity index (χ3n) is 2.90. The fourth-order valence-corrected chi connectivity index (χ4v) is 3.15. The van der Waals surface area contributed by atoms with Crippen molar-refractivity contribution in [1.29, 1.82) is 0 Å². The largest absolute Gasteiger partial charge is 0.465 e. The number of carbonyl (C=O) groups is 1. The maximum absolute atomic E-state index is 12.8. The van der Waals surface area contributed by atoms with Crippen molar-refractivity contribution in [1.82, 2.24) is 0 Å². The van der Waals surface area contributed by atoms with E-state index >= 15 is 0 Å². The van der Waals surface area contributed by atoms with Crippen LogP contribution in [0.4, 0.5) is 4.39 Å². The lowest BCUT2D eigenvalue weighted by Crippen LogP contribution is -2.06. The summed E-state index contributed by atoms with van der Waals surface area (Å²) in [5.74, 6) is -1.19. The van der Waals surface area contributed by atoms with Crippen LogP contribution in [0.15, 0.2) is 53.4 Å². The van der Waals surface area contributed by atoms with E-state index < -0.39 is 21.6 Å². The van der Waals surface area contributed by atoms with Gasteiger partial charge in [0.2, 0.25) is 0 Å². The number of hydrogen-bond donors (Lipinski definition) is 0. The zero-order chi connectivity index (χ0) is 15.5. The van der Waals surface area contributed by atoms with Crippen LogP contribution in [0.2, 0.25) is 0 Å². The van der Waals surface area contributed by atoms with Gasteiger partial charge in [-0.25, -0.2) is 17.6 Å². The van der Waals surface area contributed by atoms with Gasteiger partial charge in [0.15, 0.2) is 9.84 Å². The maximum Gasteiger partial charge on any atom is 0.337 e. The molecule has 0 aliphatic heterocycles. The minimum atomic E-state index is -3.55. The van der Waals surface area contributed by atoms with E-state index in [4.69, 9.17) is 0 Å². The molecule has 6 heteroatoms. The van der Waals surface area contributed by atoms with Crippen molar-refractivity contribution >= 4 is 15.8 Å². The van der Waals surface area contributed by atoms with Crippen LogP contribution in [-0.4, -0.2) is 21.5 Å². The molecule has 0 fully saturated rings. The van der Waals surface area contributed by atoms with Gasteiger partial charge in [0.25, 0.3) is 0 Å². The van der Waals surface area contributed by atoms with Crippen molar-refractivity contribution < 1.29 is 22.3 Å². The van der Waals surface area contributed by atoms with Gasteiger partial charge in [0.1, 0.15) is 5.82 Å². The number of esters is 1. The molecular weight excluding hydrogens is 295 g/mol. The van der Waals surface area contributed by atoms with Gasteiger partial charge in [-0.1, -0.05) is 12.1 Å². The number of rotatable bonds is 4. The van der Waals surface area contributed by atoms with Crippen molar-refractivity contribution in [2.75, 3.05) is 7.11 Å². The van der Waals surface area contributed by atoms with Gasteiger partial charge in [-0.15, -0.1) is 0 Å². The number of halogens is 1. The van der Waals surface area contributed by atoms with Crippen molar-refractivity contribution in [3.63, 3.8) is 0 Å². The summed E-state index contributed by atoms with van der Waals surface area (Å²) in [4.78, 5) is 11.3. The summed E-state index contributed by atoms with van der Waals surface area (Å²) in [5, 5.41) is 0. The fourth-order valence-electron chi connectivity index (χ4n) is 1.80. The van der Waals surface area contributed by atoms with E-state index in [1.54, 1.807) is 12.1 Å². The number of hydrogen-bond acceptors (Lipinski definition) is 4. The van der Waals surface area contributed by atoms with Crippen LogP contribution in [-0.2, 0) is 20.3 Å². The topological polar surface area (TPSA) is 60.4 Å². The third kappa shape index (κ3) is 3.66. The molecule has 0 saturated heterocycles. The first-order chi connectivity index (χ1) is 9.92. The van der Waals surface area contributed by atoms with E-state index in [0.29, 0.717) is 11.1 Å². The Bertz CT molecular complexity index is 734. The van der Waals surface area contributed by atoms with Crippen molar-refractivity contribution in [3.8, 4) is 0 Å². The quantitative estimate of drug-likeness (QED) is 0.643. The molecule has 2 rings (SSSR count). The van der Waals surface area contributed by atoms with Crippen molar-refractivity contribution in [2.45, 2.75) is 10.6 Å². The molecular formula is C15H13FO4S. The van der Waals surface area contributed by atoms with E-state index in [9.17, 15) is 17.6 Å². The summed E-state index contributed by atoms with van der Waals surface area (Å²) in [6, 6.07) is 10.8. The summed E-state index contributed by atoms with van der Waals surface area (Å²) in [6.45, 7) is 0. The van der Waals surface area contributed by atoms with Gasteiger partial charge < -0.3 is 4.74 Å². The van der Waals surface area contributed by atoms with E-state index in [0.717, 1.165) is 12.1 Å². The van der Waals surface area contributed by atoms with Crippen LogP contribution < -0.4 is 0 Å². The predicted octanol–water partition coefficient (Wildman–Crippen LogP) is 2.59. The third-order valence-corrected chi connectivity index (χ3v) is 4.61. The van der Waals surface area contributed by atoms with E-state index in [1.807, 2.05) is 0 Å². The van der Waals surface area contributed by atoms with Gasteiger partial charge in [0, 0.05) is 0 Å². The van der Waals surface area contributed by atoms with E-state index in [-0.39, 0.29) is 10.6 Å². The zero-order valence-corrected chi connectivity index (χ0v) is 12.1. The predicted molar refractivity (Wildman–Crippen MR) is 75.1 cm³/mol. The van der Waals surface area contributed by atoms with Gasteiger partial charge in [0.05, 0.1) is 23.3 Å². The highest BCUT2D eigenvalue weighted by Gasteiger charge is 2.15. The first-order valence-electron chi connectivity index (χ1n) is 6.08. The zero-order valence-electron chi connectivity index (χ0n) is 11.2. The van der Waals surface area contributed by atoms with E-state index in [1.165, 1.54) is 31.4 Å². The first-order valence-corrected chi connectivity index (χ1v) is 7.73. The van der Waals surface area contributed by atoms with Gasteiger partial charge in [-0.2, -0.15) is 0 Å². The van der Waals surface area contributed by atoms with E-state index in [2.05, 4.69) is 4.74 Å². The Morgan fingerprint density at radius 1 is 1.05 bits per heavy atom. The first kappa shape index (κ1) is 15.2. The molecule has 0 atom stereocenters. The molecule has 0 bridgehead atoms. The van der Waals surface area contributed by atoms with Crippen molar-refractivity contribution in [2.24, 2.45) is 0 Å². The minimum absolute atomic E-state index is 0.0564. The van der Waals surface area contributed by atoms with Crippen molar-refractivity contribution in [3.05, 3.63) is 65.5 Å². The second kappa shape index (κ2) is 6.05. The Balaban J connectivity index is 2.20. The SMILES string of the molecule is COC(=O)c1ccc(CS(=O)(=O)c2ccc(F)cc2)cc1. The lowest BCUT2D eigenvalue weighted by Gasteiger charge is -2.05. The molecule has 21 heavy (non-hydrogen) atoms. The fraction of sp³-hybridized carbons (Fsp3) is 0.133. The average Bonchev–Trinajstić information content (AvgIpc) is 2.47. The standard InChI is InChI=1S/C15H13FO4S/c1-20-15(17)12-4-2-11(3-5-12)10-21(18,19)14-8-6-13(16)7-9-14/h2-9H,10H2,1H3. The number of sulfone groups is 1. The molecule has 0 unspecified atom stereocenters. The summed E-state index contributed by atoms with van der Waals surface area (Å²) in [6.07, 6.45) is 0. The summed E-state index contributed by atoms with van der Waals surface area (Å²) >= 11 is 0. The molecule has 0 amide bonds. The second-order valence-electron chi connectivity index (χ2n) is 4.40. The Kier molecular flexibility index (Phi) is 4.37. The Labute approximate surface area is 122 Å². The molecule has 0 radical (unpaired) electrons. The number of methoxy groups -OCH3 is 1. The molecule has 0 aliphatic carbocycles. The highest BCUT2D eigenvalue weighted by Crippen LogP contribution is 2.17. The Morgan fingerprint density at radius 3 is 2.14 bits per heavy atom. The van der Waals surface area contributed by atoms with Gasteiger partial charge >= 0.3 is 5.97 Å². The average molecular weight is 308 g/mol. The van der Waals surface area contributed by atoms with Crippen LogP contribution >= 0.6 is 0 Å². The molecule has 0 heterocycles. The second-order valence-corrected chi connectivity index (χ2v) is 6.39.